The molecule has 1 rings (SSSR count). The van der Waals surface area contributed by atoms with Gasteiger partial charge in [0.2, 0.25) is 0 Å². The highest BCUT2D eigenvalue weighted by atomic mass is 32.2. The molecule has 0 amide bonds. The lowest BCUT2D eigenvalue weighted by atomic mass is 10.0. The van der Waals surface area contributed by atoms with Crippen LogP contribution in [0.1, 0.15) is 37.4 Å². The van der Waals surface area contributed by atoms with Crippen molar-refractivity contribution in [2.24, 2.45) is 0 Å². The zero-order valence-corrected chi connectivity index (χ0v) is 12.0. The molecule has 0 aromatic heterocycles. The van der Waals surface area contributed by atoms with Crippen molar-refractivity contribution in [3.8, 4) is 0 Å². The average Bonchev–Trinajstić information content (AvgIpc) is 2.31. The lowest BCUT2D eigenvalue weighted by Crippen LogP contribution is -2.30. The van der Waals surface area contributed by atoms with Gasteiger partial charge in [-0.05, 0) is 25.8 Å². The molecule has 0 fully saturated rings. The molecule has 0 aliphatic carbocycles. The van der Waals surface area contributed by atoms with Crippen molar-refractivity contribution in [2.45, 2.75) is 38.5 Å². The van der Waals surface area contributed by atoms with Crippen LogP contribution >= 0.6 is 0 Å². The molecule has 0 heterocycles. The molecule has 3 heteroatoms. The Hall–Kier alpha value is -0.670. The van der Waals surface area contributed by atoms with Crippen LogP contribution in [0.15, 0.2) is 24.3 Å². The Labute approximate surface area is 107 Å². The SMILES string of the molecule is CCC(NCC(C)S(C)=O)c1ccc(C)cc1. The number of benzene rings is 1. The summed E-state index contributed by atoms with van der Waals surface area (Å²) in [6.07, 6.45) is 2.81. The predicted molar refractivity (Wildman–Crippen MR) is 75.7 cm³/mol. The van der Waals surface area contributed by atoms with E-state index in [1.807, 2.05) is 6.92 Å². The summed E-state index contributed by atoms with van der Waals surface area (Å²) < 4.78 is 11.3. The highest BCUT2D eigenvalue weighted by molar-refractivity contribution is 7.84. The van der Waals surface area contributed by atoms with Crippen LogP contribution in [0, 0.1) is 6.92 Å². The van der Waals surface area contributed by atoms with Gasteiger partial charge in [0.1, 0.15) is 0 Å². The Morgan fingerprint density at radius 3 is 2.35 bits per heavy atom. The van der Waals surface area contributed by atoms with Gasteiger partial charge in [0.25, 0.3) is 0 Å². The van der Waals surface area contributed by atoms with Crippen molar-refractivity contribution < 1.29 is 4.21 Å². The first-order valence-electron chi connectivity index (χ1n) is 6.16. The third kappa shape index (κ3) is 4.60. The first-order chi connectivity index (χ1) is 8.04. The van der Waals surface area contributed by atoms with Crippen molar-refractivity contribution in [3.05, 3.63) is 35.4 Å². The van der Waals surface area contributed by atoms with Gasteiger partial charge in [-0.3, -0.25) is 4.21 Å². The second kappa shape index (κ2) is 6.92. The minimum absolute atomic E-state index is 0.203. The number of nitrogens with one attached hydrogen (secondary N) is 1. The normalized spacial score (nSPS) is 16.5. The van der Waals surface area contributed by atoms with Crippen LogP contribution < -0.4 is 5.32 Å². The highest BCUT2D eigenvalue weighted by Crippen LogP contribution is 2.17. The van der Waals surface area contributed by atoms with E-state index in [2.05, 4.69) is 43.4 Å². The van der Waals surface area contributed by atoms with Gasteiger partial charge in [-0.15, -0.1) is 0 Å². The molecule has 1 N–H and O–H groups in total. The molecule has 2 nitrogen and oxygen atoms in total. The van der Waals surface area contributed by atoms with Gasteiger partial charge in [-0.25, -0.2) is 0 Å². The van der Waals surface area contributed by atoms with E-state index < -0.39 is 10.8 Å². The second-order valence-corrected chi connectivity index (χ2v) is 6.39. The summed E-state index contributed by atoms with van der Waals surface area (Å²) in [5.41, 5.74) is 2.60. The lowest BCUT2D eigenvalue weighted by Gasteiger charge is -2.19. The lowest BCUT2D eigenvalue weighted by molar-refractivity contribution is 0.518. The van der Waals surface area contributed by atoms with E-state index in [9.17, 15) is 4.21 Å². The molecule has 0 aliphatic rings. The van der Waals surface area contributed by atoms with Crippen molar-refractivity contribution in [2.75, 3.05) is 12.8 Å². The molecule has 96 valence electrons. The minimum Gasteiger partial charge on any atom is -0.309 e. The van der Waals surface area contributed by atoms with Crippen LogP contribution in [0.2, 0.25) is 0 Å². The van der Waals surface area contributed by atoms with Crippen LogP contribution in [-0.2, 0) is 10.8 Å². The number of hydrogen-bond donors (Lipinski definition) is 1. The van der Waals surface area contributed by atoms with Gasteiger partial charge in [0.15, 0.2) is 0 Å². The summed E-state index contributed by atoms with van der Waals surface area (Å²) in [4.78, 5) is 0. The molecule has 0 aliphatic heterocycles. The van der Waals surface area contributed by atoms with Crippen molar-refractivity contribution in [1.82, 2.24) is 5.32 Å². The van der Waals surface area contributed by atoms with Gasteiger partial charge < -0.3 is 5.32 Å². The molecule has 0 radical (unpaired) electrons. The number of rotatable bonds is 6. The summed E-state index contributed by atoms with van der Waals surface area (Å²) in [6, 6.07) is 8.98. The molecule has 1 aromatic carbocycles. The Balaban J connectivity index is 2.60. The van der Waals surface area contributed by atoms with Gasteiger partial charge in [0.05, 0.1) is 0 Å². The Morgan fingerprint density at radius 2 is 1.88 bits per heavy atom. The summed E-state index contributed by atoms with van der Waals surface area (Å²) in [7, 11) is -0.751. The molecular formula is C14H23NOS. The van der Waals surface area contributed by atoms with Crippen LogP contribution in [0.4, 0.5) is 0 Å². The quantitative estimate of drug-likeness (QED) is 0.844. The van der Waals surface area contributed by atoms with Gasteiger partial charge in [0, 0.05) is 34.9 Å². The summed E-state index contributed by atoms with van der Waals surface area (Å²) in [5.74, 6) is 0. The zero-order chi connectivity index (χ0) is 12.8. The monoisotopic (exact) mass is 253 g/mol. The number of aryl methyl sites for hydroxylation is 1. The molecule has 0 saturated carbocycles. The van der Waals surface area contributed by atoms with E-state index in [4.69, 9.17) is 0 Å². The molecule has 1 aromatic rings. The molecular weight excluding hydrogens is 230 g/mol. The van der Waals surface area contributed by atoms with Crippen LogP contribution in [0.3, 0.4) is 0 Å². The smallest absolute Gasteiger partial charge is 0.0441 e. The molecule has 3 atom stereocenters. The molecule has 0 saturated heterocycles. The largest absolute Gasteiger partial charge is 0.309 e. The van der Waals surface area contributed by atoms with Crippen LogP contribution in [0.5, 0.6) is 0 Å². The van der Waals surface area contributed by atoms with Gasteiger partial charge in [-0.1, -0.05) is 36.8 Å². The number of hydrogen-bond acceptors (Lipinski definition) is 2. The Kier molecular flexibility index (Phi) is 5.86. The van der Waals surface area contributed by atoms with Gasteiger partial charge in [-0.2, -0.15) is 0 Å². The summed E-state index contributed by atoms with van der Waals surface area (Å²) >= 11 is 0. The molecule has 3 unspecified atom stereocenters. The van der Waals surface area contributed by atoms with E-state index in [0.717, 1.165) is 13.0 Å². The maximum Gasteiger partial charge on any atom is 0.0441 e. The van der Waals surface area contributed by atoms with Gasteiger partial charge >= 0.3 is 0 Å². The highest BCUT2D eigenvalue weighted by Gasteiger charge is 2.11. The van der Waals surface area contributed by atoms with E-state index in [1.54, 1.807) is 6.26 Å². The van der Waals surface area contributed by atoms with E-state index in [0.29, 0.717) is 6.04 Å². The van der Waals surface area contributed by atoms with Crippen LogP contribution in [0.25, 0.3) is 0 Å². The maximum atomic E-state index is 11.3. The first-order valence-corrected chi connectivity index (χ1v) is 7.79. The second-order valence-electron chi connectivity index (χ2n) is 4.59. The van der Waals surface area contributed by atoms with E-state index in [1.165, 1.54) is 11.1 Å². The third-order valence-electron chi connectivity index (χ3n) is 3.11. The molecule has 0 bridgehead atoms. The zero-order valence-electron chi connectivity index (χ0n) is 11.2. The fourth-order valence-electron chi connectivity index (χ4n) is 1.72. The topological polar surface area (TPSA) is 29.1 Å². The molecule has 0 spiro atoms. The van der Waals surface area contributed by atoms with Crippen molar-refractivity contribution in [3.63, 3.8) is 0 Å². The third-order valence-corrected chi connectivity index (χ3v) is 4.41. The first kappa shape index (κ1) is 14.4. The Bertz CT molecular complexity index is 361. The van der Waals surface area contributed by atoms with Crippen LogP contribution in [-0.4, -0.2) is 22.3 Å². The Morgan fingerprint density at radius 1 is 1.29 bits per heavy atom. The fourth-order valence-corrected chi connectivity index (χ4v) is 2.05. The average molecular weight is 253 g/mol. The minimum atomic E-state index is -0.751. The predicted octanol–water partition coefficient (Wildman–Crippen LogP) is 2.80. The standard InChI is InChI=1S/C14H23NOS/c1-5-14(15-10-12(3)17(4)16)13-8-6-11(2)7-9-13/h6-9,12,14-15H,5,10H2,1-4H3. The fraction of sp³-hybridized carbons (Fsp3) is 0.571. The van der Waals surface area contributed by atoms with Crippen molar-refractivity contribution >= 4 is 10.8 Å². The summed E-state index contributed by atoms with van der Waals surface area (Å²) in [6.45, 7) is 7.09. The van der Waals surface area contributed by atoms with Crippen molar-refractivity contribution in [1.29, 1.82) is 0 Å². The maximum absolute atomic E-state index is 11.3. The summed E-state index contributed by atoms with van der Waals surface area (Å²) in [5, 5.41) is 3.70. The van der Waals surface area contributed by atoms with E-state index in [-0.39, 0.29) is 5.25 Å². The molecule has 17 heavy (non-hydrogen) atoms. The van der Waals surface area contributed by atoms with E-state index >= 15 is 0 Å².